The minimum atomic E-state index is -0.335. The maximum absolute atomic E-state index is 12.6. The van der Waals surface area contributed by atoms with Crippen molar-refractivity contribution >= 4 is 11.6 Å². The Kier molecular flexibility index (Phi) is 4.33. The molecule has 0 radical (unpaired) electrons. The van der Waals surface area contributed by atoms with Crippen LogP contribution in [0.5, 0.6) is 28.7 Å². The zero-order valence-electron chi connectivity index (χ0n) is 13.5. The van der Waals surface area contributed by atoms with Crippen LogP contribution in [0.1, 0.15) is 10.4 Å². The largest absolute Gasteiger partial charge is 0.493 e. The first-order valence-corrected chi connectivity index (χ1v) is 7.18. The van der Waals surface area contributed by atoms with Gasteiger partial charge in [-0.1, -0.05) is 6.07 Å². The number of anilines is 1. The van der Waals surface area contributed by atoms with E-state index in [1.54, 1.807) is 30.3 Å². The summed E-state index contributed by atoms with van der Waals surface area (Å²) in [6.07, 6.45) is 0. The zero-order chi connectivity index (χ0) is 17.1. The topological polar surface area (TPSA) is 75.3 Å². The smallest absolute Gasteiger partial charge is 0.256 e. The summed E-state index contributed by atoms with van der Waals surface area (Å²) in [4.78, 5) is 12.6. The Hall–Kier alpha value is -3.09. The molecule has 1 amide bonds. The van der Waals surface area contributed by atoms with Gasteiger partial charge in [0.25, 0.3) is 5.91 Å². The van der Waals surface area contributed by atoms with Crippen molar-refractivity contribution in [2.45, 2.75) is 0 Å². The molecule has 2 aromatic rings. The summed E-state index contributed by atoms with van der Waals surface area (Å²) in [5.41, 5.74) is 0.893. The lowest BCUT2D eigenvalue weighted by molar-refractivity contribution is 0.102. The molecule has 0 atom stereocenters. The molecule has 0 bridgehead atoms. The number of rotatable bonds is 5. The van der Waals surface area contributed by atoms with Crippen LogP contribution in [-0.2, 0) is 0 Å². The number of benzene rings is 2. The summed E-state index contributed by atoms with van der Waals surface area (Å²) >= 11 is 0. The minimum Gasteiger partial charge on any atom is -0.493 e. The normalized spacial score (nSPS) is 11.8. The number of carbonyl (C=O) groups is 1. The van der Waals surface area contributed by atoms with Gasteiger partial charge in [-0.15, -0.1) is 0 Å². The van der Waals surface area contributed by atoms with Gasteiger partial charge in [-0.05, 0) is 24.3 Å². The maximum atomic E-state index is 12.6. The van der Waals surface area contributed by atoms with Crippen LogP contribution in [0.2, 0.25) is 0 Å². The summed E-state index contributed by atoms with van der Waals surface area (Å²) in [7, 11) is 4.49. The second kappa shape index (κ2) is 6.57. The van der Waals surface area contributed by atoms with Gasteiger partial charge in [0.15, 0.2) is 23.0 Å². The predicted molar refractivity (Wildman–Crippen MR) is 86.6 cm³/mol. The third-order valence-electron chi connectivity index (χ3n) is 3.57. The van der Waals surface area contributed by atoms with E-state index in [1.807, 2.05) is 0 Å². The van der Waals surface area contributed by atoms with Gasteiger partial charge in [-0.2, -0.15) is 0 Å². The first kappa shape index (κ1) is 15.8. The fraction of sp³-hybridized carbons (Fsp3) is 0.235. The Morgan fingerprint density at radius 2 is 1.75 bits per heavy atom. The molecule has 24 heavy (non-hydrogen) atoms. The van der Waals surface area contributed by atoms with Gasteiger partial charge < -0.3 is 29.0 Å². The third-order valence-corrected chi connectivity index (χ3v) is 3.57. The number of hydrogen-bond donors (Lipinski definition) is 1. The molecule has 1 aliphatic heterocycles. The fourth-order valence-corrected chi connectivity index (χ4v) is 2.44. The standard InChI is InChI=1S/C17H17NO6/c1-20-13-7-10(8-14(21-2)16(13)22-3)17(19)18-11-5-4-6-12-15(11)24-9-23-12/h4-8H,9H2,1-3H3,(H,18,19). The van der Waals surface area contributed by atoms with Crippen LogP contribution >= 0.6 is 0 Å². The summed E-state index contributed by atoms with van der Waals surface area (Å²) < 4.78 is 26.5. The molecule has 1 aliphatic rings. The highest BCUT2D eigenvalue weighted by molar-refractivity contribution is 6.06. The Balaban J connectivity index is 1.92. The minimum absolute atomic E-state index is 0.131. The lowest BCUT2D eigenvalue weighted by Gasteiger charge is -2.14. The quantitative estimate of drug-likeness (QED) is 0.908. The van der Waals surface area contributed by atoms with Gasteiger partial charge in [0, 0.05) is 5.56 Å². The van der Waals surface area contributed by atoms with E-state index >= 15 is 0 Å². The molecule has 7 heteroatoms. The molecular formula is C17H17NO6. The van der Waals surface area contributed by atoms with E-state index in [9.17, 15) is 4.79 Å². The summed E-state index contributed by atoms with van der Waals surface area (Å²) in [5.74, 6) is 2.00. The number of ether oxygens (including phenoxy) is 5. The highest BCUT2D eigenvalue weighted by Gasteiger charge is 2.21. The second-order valence-corrected chi connectivity index (χ2v) is 4.91. The van der Waals surface area contributed by atoms with Crippen LogP contribution < -0.4 is 29.0 Å². The molecule has 0 fully saturated rings. The number of para-hydroxylation sites is 1. The molecule has 0 saturated heterocycles. The zero-order valence-corrected chi connectivity index (χ0v) is 13.5. The molecule has 7 nitrogen and oxygen atoms in total. The Labute approximate surface area is 139 Å². The van der Waals surface area contributed by atoms with Crippen molar-refractivity contribution in [2.75, 3.05) is 33.4 Å². The van der Waals surface area contributed by atoms with Gasteiger partial charge in [-0.25, -0.2) is 0 Å². The van der Waals surface area contributed by atoms with Gasteiger partial charge in [0.2, 0.25) is 12.5 Å². The average molecular weight is 331 g/mol. The maximum Gasteiger partial charge on any atom is 0.256 e. The molecule has 0 aliphatic carbocycles. The van der Waals surface area contributed by atoms with Crippen molar-refractivity contribution in [3.63, 3.8) is 0 Å². The predicted octanol–water partition coefficient (Wildman–Crippen LogP) is 2.69. The SMILES string of the molecule is COc1cc(C(=O)Nc2cccc3c2OCO3)cc(OC)c1OC. The molecule has 3 rings (SSSR count). The molecule has 0 saturated carbocycles. The first-order chi connectivity index (χ1) is 11.7. The van der Waals surface area contributed by atoms with E-state index in [0.717, 1.165) is 0 Å². The molecule has 1 N–H and O–H groups in total. The molecule has 1 heterocycles. The lowest BCUT2D eigenvalue weighted by atomic mass is 10.1. The molecule has 0 unspecified atom stereocenters. The Morgan fingerprint density at radius 1 is 1.04 bits per heavy atom. The molecule has 2 aromatic carbocycles. The summed E-state index contributed by atoms with van der Waals surface area (Å²) in [6, 6.07) is 8.45. The number of fused-ring (bicyclic) bond motifs is 1. The first-order valence-electron chi connectivity index (χ1n) is 7.18. The van der Waals surface area contributed by atoms with Gasteiger partial charge in [0.1, 0.15) is 0 Å². The molecule has 126 valence electrons. The number of methoxy groups -OCH3 is 3. The molecule has 0 spiro atoms. The van der Waals surface area contributed by atoms with Crippen molar-refractivity contribution in [1.29, 1.82) is 0 Å². The van der Waals surface area contributed by atoms with Crippen molar-refractivity contribution in [3.8, 4) is 28.7 Å². The van der Waals surface area contributed by atoms with Crippen LogP contribution in [-0.4, -0.2) is 34.0 Å². The van der Waals surface area contributed by atoms with E-state index in [1.165, 1.54) is 21.3 Å². The van der Waals surface area contributed by atoms with Crippen molar-refractivity contribution in [3.05, 3.63) is 35.9 Å². The molecule has 0 aromatic heterocycles. The van der Waals surface area contributed by atoms with E-state index in [2.05, 4.69) is 5.32 Å². The van der Waals surface area contributed by atoms with Crippen molar-refractivity contribution < 1.29 is 28.5 Å². The van der Waals surface area contributed by atoms with Gasteiger partial charge >= 0.3 is 0 Å². The second-order valence-electron chi connectivity index (χ2n) is 4.91. The van der Waals surface area contributed by atoms with Gasteiger partial charge in [-0.3, -0.25) is 4.79 Å². The lowest BCUT2D eigenvalue weighted by Crippen LogP contribution is -2.13. The Bertz CT molecular complexity index is 749. The van der Waals surface area contributed by atoms with Crippen molar-refractivity contribution in [2.24, 2.45) is 0 Å². The van der Waals surface area contributed by atoms with E-state index in [-0.39, 0.29) is 12.7 Å². The van der Waals surface area contributed by atoms with Crippen LogP contribution in [0.15, 0.2) is 30.3 Å². The Morgan fingerprint density at radius 3 is 2.38 bits per heavy atom. The summed E-state index contributed by atoms with van der Waals surface area (Å²) in [5, 5.41) is 2.80. The monoisotopic (exact) mass is 331 g/mol. The third kappa shape index (κ3) is 2.76. The van der Waals surface area contributed by atoms with Gasteiger partial charge in [0.05, 0.1) is 27.0 Å². The van der Waals surface area contributed by atoms with E-state index in [4.69, 9.17) is 23.7 Å². The fourth-order valence-electron chi connectivity index (χ4n) is 2.44. The highest BCUT2D eigenvalue weighted by atomic mass is 16.7. The summed E-state index contributed by atoms with van der Waals surface area (Å²) in [6.45, 7) is 0.131. The van der Waals surface area contributed by atoms with E-state index < -0.39 is 0 Å². The van der Waals surface area contributed by atoms with E-state index in [0.29, 0.717) is 40.0 Å². The number of carbonyl (C=O) groups excluding carboxylic acids is 1. The number of hydrogen-bond acceptors (Lipinski definition) is 6. The number of nitrogens with one attached hydrogen (secondary N) is 1. The number of amides is 1. The van der Waals surface area contributed by atoms with Crippen LogP contribution in [0.25, 0.3) is 0 Å². The molecular weight excluding hydrogens is 314 g/mol. The van der Waals surface area contributed by atoms with Crippen LogP contribution in [0.3, 0.4) is 0 Å². The van der Waals surface area contributed by atoms with Crippen LogP contribution in [0.4, 0.5) is 5.69 Å². The highest BCUT2D eigenvalue weighted by Crippen LogP contribution is 2.40. The average Bonchev–Trinajstić information content (AvgIpc) is 3.10. The van der Waals surface area contributed by atoms with Crippen LogP contribution in [0, 0.1) is 0 Å². The van der Waals surface area contributed by atoms with Crippen molar-refractivity contribution in [1.82, 2.24) is 0 Å².